The number of benzene rings is 1. The number of amides is 1. The molecule has 0 aromatic heterocycles. The van der Waals surface area contributed by atoms with Crippen LogP contribution in [0.3, 0.4) is 0 Å². The van der Waals surface area contributed by atoms with Gasteiger partial charge in [-0.2, -0.15) is 0 Å². The van der Waals surface area contributed by atoms with E-state index in [2.05, 4.69) is 34.7 Å². The number of hydrogen-bond donors (Lipinski definition) is 0. The van der Waals surface area contributed by atoms with Crippen LogP contribution in [-0.2, 0) is 11.2 Å². The maximum atomic E-state index is 12.3. The van der Waals surface area contributed by atoms with Gasteiger partial charge in [0.1, 0.15) is 0 Å². The van der Waals surface area contributed by atoms with Gasteiger partial charge in [-0.25, -0.2) is 0 Å². The van der Waals surface area contributed by atoms with E-state index in [1.54, 1.807) is 0 Å². The molecule has 1 amide bonds. The molecular formula is C15H20BrClN2O. The van der Waals surface area contributed by atoms with E-state index in [1.165, 1.54) is 0 Å². The SMILES string of the molecule is CC(C)N1CCN(C(=O)Cc2ccc(Cl)c(Br)c2)CC1. The van der Waals surface area contributed by atoms with Gasteiger partial charge >= 0.3 is 0 Å². The summed E-state index contributed by atoms with van der Waals surface area (Å²) in [6.07, 6.45) is 0.442. The number of carbonyl (C=O) groups is 1. The Kier molecular flexibility index (Phi) is 5.47. The molecule has 20 heavy (non-hydrogen) atoms. The largest absolute Gasteiger partial charge is 0.340 e. The molecule has 0 unspecified atom stereocenters. The lowest BCUT2D eigenvalue weighted by Crippen LogP contribution is -2.51. The molecule has 5 heteroatoms. The number of hydrogen-bond acceptors (Lipinski definition) is 2. The fraction of sp³-hybridized carbons (Fsp3) is 0.533. The lowest BCUT2D eigenvalue weighted by Gasteiger charge is -2.37. The summed E-state index contributed by atoms with van der Waals surface area (Å²) in [6.45, 7) is 7.98. The third-order valence-electron chi connectivity index (χ3n) is 3.74. The molecule has 0 spiro atoms. The third kappa shape index (κ3) is 3.96. The minimum absolute atomic E-state index is 0.197. The van der Waals surface area contributed by atoms with Gasteiger partial charge in [0.15, 0.2) is 0 Å². The molecule has 0 bridgehead atoms. The molecule has 1 aliphatic rings. The fourth-order valence-corrected chi connectivity index (χ4v) is 2.97. The molecule has 1 saturated heterocycles. The van der Waals surface area contributed by atoms with Crippen molar-refractivity contribution < 1.29 is 4.79 Å². The lowest BCUT2D eigenvalue weighted by atomic mass is 10.1. The van der Waals surface area contributed by atoms with Gasteiger partial charge in [0.2, 0.25) is 5.91 Å². The predicted octanol–water partition coefficient (Wildman–Crippen LogP) is 3.20. The first-order chi connectivity index (χ1) is 9.47. The Labute approximate surface area is 134 Å². The molecule has 1 heterocycles. The smallest absolute Gasteiger partial charge is 0.227 e. The average Bonchev–Trinajstić information content (AvgIpc) is 2.43. The molecule has 1 aromatic carbocycles. The van der Waals surface area contributed by atoms with E-state index in [1.807, 2.05) is 23.1 Å². The van der Waals surface area contributed by atoms with Gasteiger partial charge in [0.25, 0.3) is 0 Å². The molecule has 1 fully saturated rings. The van der Waals surface area contributed by atoms with Crippen molar-refractivity contribution in [3.05, 3.63) is 33.3 Å². The van der Waals surface area contributed by atoms with Crippen LogP contribution >= 0.6 is 27.5 Å². The van der Waals surface area contributed by atoms with Crippen molar-refractivity contribution in [3.8, 4) is 0 Å². The van der Waals surface area contributed by atoms with Crippen LogP contribution in [-0.4, -0.2) is 47.9 Å². The first kappa shape index (κ1) is 15.8. The van der Waals surface area contributed by atoms with Gasteiger partial charge in [-0.3, -0.25) is 9.69 Å². The molecule has 0 aliphatic carbocycles. The zero-order valence-corrected chi connectivity index (χ0v) is 14.2. The second kappa shape index (κ2) is 6.92. The van der Waals surface area contributed by atoms with Crippen LogP contribution in [0, 0.1) is 0 Å². The van der Waals surface area contributed by atoms with Crippen molar-refractivity contribution in [2.45, 2.75) is 26.3 Å². The molecule has 110 valence electrons. The summed E-state index contributed by atoms with van der Waals surface area (Å²) >= 11 is 9.36. The number of nitrogens with zero attached hydrogens (tertiary/aromatic N) is 2. The summed E-state index contributed by atoms with van der Waals surface area (Å²) < 4.78 is 0.842. The van der Waals surface area contributed by atoms with E-state index in [-0.39, 0.29) is 5.91 Å². The van der Waals surface area contributed by atoms with E-state index >= 15 is 0 Å². The Bertz CT molecular complexity index is 485. The van der Waals surface area contributed by atoms with E-state index in [4.69, 9.17) is 11.6 Å². The number of halogens is 2. The summed E-state index contributed by atoms with van der Waals surface area (Å²) in [5, 5.41) is 0.673. The molecule has 0 saturated carbocycles. The van der Waals surface area contributed by atoms with E-state index in [0.717, 1.165) is 36.2 Å². The molecule has 3 nitrogen and oxygen atoms in total. The quantitative estimate of drug-likeness (QED) is 0.827. The van der Waals surface area contributed by atoms with Gasteiger partial charge in [-0.1, -0.05) is 17.7 Å². The third-order valence-corrected chi connectivity index (χ3v) is 4.95. The van der Waals surface area contributed by atoms with Crippen LogP contribution in [0.2, 0.25) is 5.02 Å². The number of rotatable bonds is 3. The second-order valence-corrected chi connectivity index (χ2v) is 6.70. The van der Waals surface area contributed by atoms with Crippen LogP contribution < -0.4 is 0 Å². The Balaban J connectivity index is 1.91. The van der Waals surface area contributed by atoms with Crippen LogP contribution in [0.25, 0.3) is 0 Å². The summed E-state index contributed by atoms with van der Waals surface area (Å²) in [7, 11) is 0. The Hall–Kier alpha value is -0.580. The molecule has 1 aliphatic heterocycles. The molecule has 2 rings (SSSR count). The zero-order valence-electron chi connectivity index (χ0n) is 11.9. The zero-order chi connectivity index (χ0) is 14.7. The van der Waals surface area contributed by atoms with Crippen LogP contribution in [0.5, 0.6) is 0 Å². The summed E-state index contributed by atoms with van der Waals surface area (Å²) in [4.78, 5) is 16.7. The molecule has 0 N–H and O–H groups in total. The normalized spacial score (nSPS) is 16.8. The van der Waals surface area contributed by atoms with Gasteiger partial charge in [-0.15, -0.1) is 0 Å². The first-order valence-corrected chi connectivity index (χ1v) is 8.10. The average molecular weight is 360 g/mol. The minimum atomic E-state index is 0.197. The topological polar surface area (TPSA) is 23.6 Å². The lowest BCUT2D eigenvalue weighted by molar-refractivity contribution is -0.132. The molecule has 0 atom stereocenters. The van der Waals surface area contributed by atoms with E-state index in [0.29, 0.717) is 17.5 Å². The van der Waals surface area contributed by atoms with Crippen LogP contribution in [0.4, 0.5) is 0 Å². The number of piperazine rings is 1. The highest BCUT2D eigenvalue weighted by Gasteiger charge is 2.22. The Morgan fingerprint density at radius 1 is 1.30 bits per heavy atom. The van der Waals surface area contributed by atoms with Crippen molar-refractivity contribution in [1.29, 1.82) is 0 Å². The summed E-state index contributed by atoms with van der Waals surface area (Å²) in [5.74, 6) is 0.197. The highest BCUT2D eigenvalue weighted by atomic mass is 79.9. The predicted molar refractivity (Wildman–Crippen MR) is 86.1 cm³/mol. The highest BCUT2D eigenvalue weighted by Crippen LogP contribution is 2.23. The van der Waals surface area contributed by atoms with Crippen LogP contribution in [0.15, 0.2) is 22.7 Å². The molecule has 0 radical (unpaired) electrons. The first-order valence-electron chi connectivity index (χ1n) is 6.93. The summed E-state index contributed by atoms with van der Waals surface area (Å²) in [5.41, 5.74) is 0.998. The van der Waals surface area contributed by atoms with Crippen molar-refractivity contribution >= 4 is 33.4 Å². The Morgan fingerprint density at radius 3 is 2.50 bits per heavy atom. The van der Waals surface area contributed by atoms with Crippen molar-refractivity contribution in [1.82, 2.24) is 9.80 Å². The van der Waals surface area contributed by atoms with Crippen molar-refractivity contribution in [2.75, 3.05) is 26.2 Å². The maximum absolute atomic E-state index is 12.3. The monoisotopic (exact) mass is 358 g/mol. The maximum Gasteiger partial charge on any atom is 0.227 e. The number of carbonyl (C=O) groups excluding carboxylic acids is 1. The van der Waals surface area contributed by atoms with Gasteiger partial charge in [-0.05, 0) is 47.5 Å². The van der Waals surface area contributed by atoms with E-state index < -0.39 is 0 Å². The van der Waals surface area contributed by atoms with Gasteiger partial charge < -0.3 is 4.90 Å². The minimum Gasteiger partial charge on any atom is -0.340 e. The Morgan fingerprint density at radius 2 is 1.95 bits per heavy atom. The van der Waals surface area contributed by atoms with Gasteiger partial charge in [0, 0.05) is 36.7 Å². The summed E-state index contributed by atoms with van der Waals surface area (Å²) in [6, 6.07) is 6.21. The van der Waals surface area contributed by atoms with E-state index in [9.17, 15) is 4.79 Å². The molecular weight excluding hydrogens is 340 g/mol. The highest BCUT2D eigenvalue weighted by molar-refractivity contribution is 9.10. The second-order valence-electron chi connectivity index (χ2n) is 5.44. The molecule has 1 aromatic rings. The van der Waals surface area contributed by atoms with Crippen molar-refractivity contribution in [3.63, 3.8) is 0 Å². The van der Waals surface area contributed by atoms with Crippen molar-refractivity contribution in [2.24, 2.45) is 0 Å². The standard InChI is InChI=1S/C15H20BrClN2O/c1-11(2)18-5-7-19(8-6-18)15(20)10-12-3-4-14(17)13(16)9-12/h3-4,9,11H,5-8,10H2,1-2H3. The van der Waals surface area contributed by atoms with Crippen LogP contribution in [0.1, 0.15) is 19.4 Å². The van der Waals surface area contributed by atoms with Gasteiger partial charge in [0.05, 0.1) is 11.4 Å². The fourth-order valence-electron chi connectivity index (χ4n) is 2.42.